The standard InChI is InChI=1S/C15H21BrClNO/c1-15(2,3)9-13(17)10-18-14(19)8-11-5-4-6-12(16)7-11/h4-7,13H,8-10H2,1-3H3,(H,18,19). The van der Waals surface area contributed by atoms with Crippen LogP contribution < -0.4 is 5.32 Å². The molecule has 0 heterocycles. The highest BCUT2D eigenvalue weighted by atomic mass is 79.9. The van der Waals surface area contributed by atoms with E-state index in [1.54, 1.807) is 0 Å². The van der Waals surface area contributed by atoms with Crippen molar-refractivity contribution in [1.29, 1.82) is 0 Å². The molecule has 1 amide bonds. The summed E-state index contributed by atoms with van der Waals surface area (Å²) in [6.45, 7) is 6.95. The van der Waals surface area contributed by atoms with E-state index in [2.05, 4.69) is 42.0 Å². The second kappa shape index (κ2) is 7.30. The van der Waals surface area contributed by atoms with Crippen molar-refractivity contribution < 1.29 is 4.79 Å². The number of carbonyl (C=O) groups excluding carboxylic acids is 1. The van der Waals surface area contributed by atoms with Gasteiger partial charge in [-0.1, -0.05) is 48.8 Å². The average molecular weight is 347 g/mol. The second-order valence-electron chi connectivity index (χ2n) is 5.97. The van der Waals surface area contributed by atoms with Gasteiger partial charge < -0.3 is 5.32 Å². The van der Waals surface area contributed by atoms with Crippen LogP contribution in [-0.2, 0) is 11.2 Å². The van der Waals surface area contributed by atoms with Gasteiger partial charge >= 0.3 is 0 Å². The minimum absolute atomic E-state index is 0.0117. The fraction of sp³-hybridized carbons (Fsp3) is 0.533. The van der Waals surface area contributed by atoms with Crippen molar-refractivity contribution in [3.05, 3.63) is 34.3 Å². The van der Waals surface area contributed by atoms with Crippen molar-refractivity contribution >= 4 is 33.4 Å². The summed E-state index contributed by atoms with van der Waals surface area (Å²) in [5.41, 5.74) is 1.18. The summed E-state index contributed by atoms with van der Waals surface area (Å²) in [5, 5.41) is 2.86. The van der Waals surface area contributed by atoms with E-state index < -0.39 is 0 Å². The summed E-state index contributed by atoms with van der Waals surface area (Å²) in [6, 6.07) is 7.76. The molecule has 1 N–H and O–H groups in total. The lowest BCUT2D eigenvalue weighted by atomic mass is 9.90. The Morgan fingerprint density at radius 1 is 1.42 bits per heavy atom. The van der Waals surface area contributed by atoms with Crippen LogP contribution in [-0.4, -0.2) is 17.8 Å². The summed E-state index contributed by atoms with van der Waals surface area (Å²) in [5.74, 6) is 0.0117. The van der Waals surface area contributed by atoms with Crippen LogP contribution in [0.2, 0.25) is 0 Å². The molecule has 1 rings (SSSR count). The zero-order chi connectivity index (χ0) is 14.5. The maximum Gasteiger partial charge on any atom is 0.224 e. The van der Waals surface area contributed by atoms with E-state index in [4.69, 9.17) is 11.6 Å². The predicted molar refractivity (Wildman–Crippen MR) is 84.6 cm³/mol. The molecular formula is C15H21BrClNO. The van der Waals surface area contributed by atoms with Crippen molar-refractivity contribution in [2.45, 2.75) is 39.0 Å². The largest absolute Gasteiger partial charge is 0.354 e. The van der Waals surface area contributed by atoms with Gasteiger partial charge in [-0.2, -0.15) is 0 Å². The Hall–Kier alpha value is -0.540. The molecule has 0 aliphatic rings. The first kappa shape index (κ1) is 16.5. The first-order chi connectivity index (χ1) is 8.76. The van der Waals surface area contributed by atoms with Gasteiger partial charge in [0.1, 0.15) is 0 Å². The Labute approximate surface area is 129 Å². The first-order valence-corrected chi connectivity index (χ1v) is 7.64. The highest BCUT2D eigenvalue weighted by Crippen LogP contribution is 2.23. The van der Waals surface area contributed by atoms with Crippen LogP contribution in [0.4, 0.5) is 0 Å². The van der Waals surface area contributed by atoms with Gasteiger partial charge in [-0.15, -0.1) is 11.6 Å². The molecule has 1 aromatic rings. The van der Waals surface area contributed by atoms with E-state index in [9.17, 15) is 4.79 Å². The van der Waals surface area contributed by atoms with Crippen molar-refractivity contribution in [2.75, 3.05) is 6.54 Å². The Morgan fingerprint density at radius 2 is 2.11 bits per heavy atom. The Morgan fingerprint density at radius 3 is 2.68 bits per heavy atom. The van der Waals surface area contributed by atoms with Crippen molar-refractivity contribution in [3.63, 3.8) is 0 Å². The summed E-state index contributed by atoms with van der Waals surface area (Å²) >= 11 is 9.61. The molecule has 0 fully saturated rings. The van der Waals surface area contributed by atoms with Gasteiger partial charge in [0.05, 0.1) is 11.8 Å². The van der Waals surface area contributed by atoms with Crippen LogP contribution in [0.1, 0.15) is 32.8 Å². The SMILES string of the molecule is CC(C)(C)CC(Cl)CNC(=O)Cc1cccc(Br)c1. The van der Waals surface area contributed by atoms with Gasteiger partial charge in [0.15, 0.2) is 0 Å². The van der Waals surface area contributed by atoms with Crippen LogP contribution in [0.5, 0.6) is 0 Å². The molecule has 0 spiro atoms. The van der Waals surface area contributed by atoms with Crippen LogP contribution in [0.25, 0.3) is 0 Å². The minimum Gasteiger partial charge on any atom is -0.354 e. The number of nitrogens with one attached hydrogen (secondary N) is 1. The number of hydrogen-bond donors (Lipinski definition) is 1. The van der Waals surface area contributed by atoms with Crippen LogP contribution in [0.15, 0.2) is 28.7 Å². The van der Waals surface area contributed by atoms with E-state index in [1.165, 1.54) is 0 Å². The normalized spacial score (nSPS) is 13.1. The lowest BCUT2D eigenvalue weighted by Crippen LogP contribution is -2.32. The summed E-state index contributed by atoms with van der Waals surface area (Å²) in [4.78, 5) is 11.8. The molecule has 4 heteroatoms. The molecule has 0 aromatic heterocycles. The minimum atomic E-state index is -0.0218. The number of alkyl halides is 1. The molecule has 106 valence electrons. The number of halogens is 2. The van der Waals surface area contributed by atoms with Crippen molar-refractivity contribution in [2.24, 2.45) is 5.41 Å². The molecule has 1 aromatic carbocycles. The molecular weight excluding hydrogens is 326 g/mol. The number of carbonyl (C=O) groups is 1. The quantitative estimate of drug-likeness (QED) is 0.797. The maximum atomic E-state index is 11.8. The Balaban J connectivity index is 2.36. The molecule has 0 saturated carbocycles. The van der Waals surface area contributed by atoms with E-state index in [1.807, 2.05) is 24.3 Å². The third kappa shape index (κ3) is 7.58. The topological polar surface area (TPSA) is 29.1 Å². The molecule has 1 unspecified atom stereocenters. The van der Waals surface area contributed by atoms with E-state index >= 15 is 0 Å². The molecule has 1 atom stereocenters. The zero-order valence-corrected chi connectivity index (χ0v) is 14.0. The summed E-state index contributed by atoms with van der Waals surface area (Å²) in [7, 11) is 0. The lowest BCUT2D eigenvalue weighted by Gasteiger charge is -2.22. The van der Waals surface area contributed by atoms with Crippen molar-refractivity contribution in [1.82, 2.24) is 5.32 Å². The monoisotopic (exact) mass is 345 g/mol. The van der Waals surface area contributed by atoms with Crippen LogP contribution >= 0.6 is 27.5 Å². The fourth-order valence-corrected chi connectivity index (χ4v) is 2.84. The maximum absolute atomic E-state index is 11.8. The summed E-state index contributed by atoms with van der Waals surface area (Å²) in [6.07, 6.45) is 1.27. The summed E-state index contributed by atoms with van der Waals surface area (Å²) < 4.78 is 0.987. The van der Waals surface area contributed by atoms with Crippen LogP contribution in [0.3, 0.4) is 0 Å². The molecule has 0 bridgehead atoms. The lowest BCUT2D eigenvalue weighted by molar-refractivity contribution is -0.120. The molecule has 0 radical (unpaired) electrons. The Kier molecular flexibility index (Phi) is 6.34. The number of hydrogen-bond acceptors (Lipinski definition) is 1. The molecule has 2 nitrogen and oxygen atoms in total. The smallest absolute Gasteiger partial charge is 0.224 e. The zero-order valence-electron chi connectivity index (χ0n) is 11.7. The third-order valence-corrected chi connectivity index (χ3v) is 3.41. The predicted octanol–water partition coefficient (Wildman–Crippen LogP) is 4.15. The number of rotatable bonds is 5. The average Bonchev–Trinajstić information content (AvgIpc) is 2.24. The molecule has 19 heavy (non-hydrogen) atoms. The molecule has 0 aliphatic heterocycles. The highest BCUT2D eigenvalue weighted by molar-refractivity contribution is 9.10. The van der Waals surface area contributed by atoms with E-state index in [0.717, 1.165) is 16.5 Å². The molecule has 0 aliphatic carbocycles. The second-order valence-corrected chi connectivity index (χ2v) is 7.51. The van der Waals surface area contributed by atoms with Gasteiger partial charge in [0.25, 0.3) is 0 Å². The third-order valence-electron chi connectivity index (χ3n) is 2.61. The van der Waals surface area contributed by atoms with Gasteiger partial charge in [0, 0.05) is 11.0 Å². The van der Waals surface area contributed by atoms with E-state index in [-0.39, 0.29) is 16.7 Å². The number of amides is 1. The van der Waals surface area contributed by atoms with Crippen LogP contribution in [0, 0.1) is 5.41 Å². The van der Waals surface area contributed by atoms with Gasteiger partial charge in [0.2, 0.25) is 5.91 Å². The number of benzene rings is 1. The van der Waals surface area contributed by atoms with Gasteiger partial charge in [-0.05, 0) is 29.5 Å². The highest BCUT2D eigenvalue weighted by Gasteiger charge is 2.17. The van der Waals surface area contributed by atoms with Crippen molar-refractivity contribution in [3.8, 4) is 0 Å². The van der Waals surface area contributed by atoms with Gasteiger partial charge in [-0.3, -0.25) is 4.79 Å². The van der Waals surface area contributed by atoms with E-state index in [0.29, 0.717) is 13.0 Å². The molecule has 0 saturated heterocycles. The Bertz CT molecular complexity index is 428. The first-order valence-electron chi connectivity index (χ1n) is 6.41. The fourth-order valence-electron chi connectivity index (χ4n) is 1.86. The van der Waals surface area contributed by atoms with Gasteiger partial charge in [-0.25, -0.2) is 0 Å².